The molecule has 0 aliphatic carbocycles. The number of nitrogens with one attached hydrogen (secondary N) is 1. The summed E-state index contributed by atoms with van der Waals surface area (Å²) in [6, 6.07) is 3.78. The molecule has 6 heteroatoms. The number of carbonyl (C=O) groups is 2. The van der Waals surface area contributed by atoms with Crippen LogP contribution >= 0.6 is 11.6 Å². The van der Waals surface area contributed by atoms with Crippen molar-refractivity contribution in [2.45, 2.75) is 27.7 Å². The maximum atomic E-state index is 13.1. The van der Waals surface area contributed by atoms with E-state index >= 15 is 0 Å². The van der Waals surface area contributed by atoms with E-state index in [1.165, 1.54) is 17.0 Å². The summed E-state index contributed by atoms with van der Waals surface area (Å²) in [6.45, 7) is 8.95. The SMILES string of the molecule is CC(C)CN(CC(C)C)C(=O)C(=O)Nc1ccc(F)c(Cl)c1. The maximum Gasteiger partial charge on any atom is 0.313 e. The smallest absolute Gasteiger partial charge is 0.313 e. The second kappa shape index (κ2) is 8.13. The van der Waals surface area contributed by atoms with Crippen molar-refractivity contribution in [3.63, 3.8) is 0 Å². The van der Waals surface area contributed by atoms with E-state index in [0.29, 0.717) is 18.8 Å². The molecule has 0 saturated carbocycles. The fourth-order valence-electron chi connectivity index (χ4n) is 2.02. The van der Waals surface area contributed by atoms with Gasteiger partial charge in [0, 0.05) is 18.8 Å². The normalized spacial score (nSPS) is 10.9. The third-order valence-corrected chi connectivity index (χ3v) is 3.12. The summed E-state index contributed by atoms with van der Waals surface area (Å²) in [4.78, 5) is 25.9. The van der Waals surface area contributed by atoms with E-state index in [9.17, 15) is 14.0 Å². The summed E-state index contributed by atoms with van der Waals surface area (Å²) in [5, 5.41) is 2.35. The summed E-state index contributed by atoms with van der Waals surface area (Å²) >= 11 is 5.66. The first-order valence-corrected chi connectivity index (χ1v) is 7.63. The van der Waals surface area contributed by atoms with Gasteiger partial charge in [0.1, 0.15) is 5.82 Å². The average Bonchev–Trinajstić information content (AvgIpc) is 2.40. The largest absolute Gasteiger partial charge is 0.334 e. The summed E-state index contributed by atoms with van der Waals surface area (Å²) in [7, 11) is 0. The molecule has 0 spiro atoms. The minimum atomic E-state index is -0.746. The van der Waals surface area contributed by atoms with Gasteiger partial charge in [-0.1, -0.05) is 39.3 Å². The third kappa shape index (κ3) is 5.64. The highest BCUT2D eigenvalue weighted by Gasteiger charge is 2.23. The maximum absolute atomic E-state index is 13.1. The minimum Gasteiger partial charge on any atom is -0.334 e. The Morgan fingerprint density at radius 3 is 2.18 bits per heavy atom. The van der Waals surface area contributed by atoms with E-state index < -0.39 is 17.6 Å². The van der Waals surface area contributed by atoms with E-state index in [2.05, 4.69) is 5.32 Å². The molecule has 0 aliphatic heterocycles. The highest BCUT2D eigenvalue weighted by Crippen LogP contribution is 2.19. The number of carbonyl (C=O) groups excluding carboxylic acids is 2. The lowest BCUT2D eigenvalue weighted by molar-refractivity contribution is -0.143. The number of amides is 2. The van der Waals surface area contributed by atoms with Crippen molar-refractivity contribution in [3.8, 4) is 0 Å². The standard InChI is InChI=1S/C16H22ClFN2O2/c1-10(2)8-20(9-11(3)4)16(22)15(21)19-12-5-6-14(18)13(17)7-12/h5-7,10-11H,8-9H2,1-4H3,(H,19,21). The van der Waals surface area contributed by atoms with Gasteiger partial charge in [-0.25, -0.2) is 4.39 Å². The first-order chi connectivity index (χ1) is 10.2. The number of benzene rings is 1. The van der Waals surface area contributed by atoms with Crippen LogP contribution in [-0.2, 0) is 9.59 Å². The molecule has 0 saturated heterocycles. The molecule has 0 bridgehead atoms. The molecular formula is C16H22ClFN2O2. The summed E-state index contributed by atoms with van der Waals surface area (Å²) < 4.78 is 13.1. The summed E-state index contributed by atoms with van der Waals surface area (Å²) in [6.07, 6.45) is 0. The van der Waals surface area contributed by atoms with Gasteiger partial charge in [0.25, 0.3) is 0 Å². The van der Waals surface area contributed by atoms with Crippen molar-refractivity contribution in [2.24, 2.45) is 11.8 Å². The van der Waals surface area contributed by atoms with E-state index in [4.69, 9.17) is 11.6 Å². The van der Waals surface area contributed by atoms with Gasteiger partial charge in [-0.3, -0.25) is 9.59 Å². The van der Waals surface area contributed by atoms with Crippen LogP contribution in [0.3, 0.4) is 0 Å². The summed E-state index contributed by atoms with van der Waals surface area (Å²) in [5.74, 6) is -1.40. The number of anilines is 1. The number of hydrogen-bond acceptors (Lipinski definition) is 2. The van der Waals surface area contributed by atoms with Crippen LogP contribution in [0.25, 0.3) is 0 Å². The highest BCUT2D eigenvalue weighted by atomic mass is 35.5. The van der Waals surface area contributed by atoms with Gasteiger partial charge in [-0.05, 0) is 30.0 Å². The molecule has 0 radical (unpaired) electrons. The average molecular weight is 329 g/mol. The van der Waals surface area contributed by atoms with Crippen molar-refractivity contribution < 1.29 is 14.0 Å². The van der Waals surface area contributed by atoms with Crippen molar-refractivity contribution in [3.05, 3.63) is 29.0 Å². The number of hydrogen-bond donors (Lipinski definition) is 1. The topological polar surface area (TPSA) is 49.4 Å². The molecule has 0 atom stereocenters. The van der Waals surface area contributed by atoms with Gasteiger partial charge in [-0.15, -0.1) is 0 Å². The molecule has 1 rings (SSSR count). The fraction of sp³-hybridized carbons (Fsp3) is 0.500. The zero-order valence-corrected chi connectivity index (χ0v) is 14.1. The van der Waals surface area contributed by atoms with Crippen molar-refractivity contribution in [2.75, 3.05) is 18.4 Å². The number of nitrogens with zero attached hydrogens (tertiary/aromatic N) is 1. The highest BCUT2D eigenvalue weighted by molar-refractivity contribution is 6.39. The molecule has 22 heavy (non-hydrogen) atoms. The predicted molar refractivity (Wildman–Crippen MR) is 86.3 cm³/mol. The molecule has 1 aromatic carbocycles. The molecule has 0 heterocycles. The van der Waals surface area contributed by atoms with Gasteiger partial charge in [0.15, 0.2) is 0 Å². The Kier molecular flexibility index (Phi) is 6.81. The van der Waals surface area contributed by atoms with E-state index in [1.54, 1.807) is 0 Å². The Labute approximate surface area is 135 Å². The quantitative estimate of drug-likeness (QED) is 0.840. The zero-order chi connectivity index (χ0) is 16.9. The van der Waals surface area contributed by atoms with Crippen molar-refractivity contribution in [1.29, 1.82) is 0 Å². The van der Waals surface area contributed by atoms with Crippen LogP contribution < -0.4 is 5.32 Å². The molecule has 0 aliphatic rings. The van der Waals surface area contributed by atoms with Crippen LogP contribution in [0.5, 0.6) is 0 Å². The van der Waals surface area contributed by atoms with Crippen LogP contribution in [0.2, 0.25) is 5.02 Å². The zero-order valence-electron chi connectivity index (χ0n) is 13.3. The molecule has 0 aromatic heterocycles. The van der Waals surface area contributed by atoms with Crippen LogP contribution in [0.15, 0.2) is 18.2 Å². The lowest BCUT2D eigenvalue weighted by atomic mass is 10.1. The van der Waals surface area contributed by atoms with Crippen LogP contribution in [0.4, 0.5) is 10.1 Å². The molecule has 0 fully saturated rings. The number of rotatable bonds is 5. The van der Waals surface area contributed by atoms with Gasteiger partial charge >= 0.3 is 11.8 Å². The number of halogens is 2. The molecule has 4 nitrogen and oxygen atoms in total. The Hall–Kier alpha value is -1.62. The fourth-order valence-corrected chi connectivity index (χ4v) is 2.20. The Bertz CT molecular complexity index is 537. The third-order valence-electron chi connectivity index (χ3n) is 2.83. The first kappa shape index (κ1) is 18.4. The van der Waals surface area contributed by atoms with Gasteiger partial charge in [0.05, 0.1) is 5.02 Å². The van der Waals surface area contributed by atoms with Gasteiger partial charge in [-0.2, -0.15) is 0 Å². The monoisotopic (exact) mass is 328 g/mol. The second-order valence-electron chi connectivity index (χ2n) is 6.08. The second-order valence-corrected chi connectivity index (χ2v) is 6.49. The molecule has 2 amide bonds. The molecular weight excluding hydrogens is 307 g/mol. The molecule has 0 unspecified atom stereocenters. The van der Waals surface area contributed by atoms with Crippen LogP contribution in [0, 0.1) is 17.7 Å². The lowest BCUT2D eigenvalue weighted by Gasteiger charge is -2.25. The van der Waals surface area contributed by atoms with Crippen molar-refractivity contribution in [1.82, 2.24) is 4.90 Å². The Balaban J connectivity index is 2.79. The van der Waals surface area contributed by atoms with Crippen LogP contribution in [-0.4, -0.2) is 29.8 Å². The molecule has 122 valence electrons. The van der Waals surface area contributed by atoms with E-state index in [0.717, 1.165) is 6.07 Å². The minimum absolute atomic E-state index is 0.105. The van der Waals surface area contributed by atoms with Gasteiger partial charge in [0.2, 0.25) is 0 Å². The predicted octanol–water partition coefficient (Wildman–Crippen LogP) is 3.56. The van der Waals surface area contributed by atoms with Crippen molar-refractivity contribution >= 4 is 29.1 Å². The Morgan fingerprint density at radius 2 is 1.73 bits per heavy atom. The lowest BCUT2D eigenvalue weighted by Crippen LogP contribution is -2.43. The summed E-state index contributed by atoms with van der Waals surface area (Å²) in [5.41, 5.74) is 0.291. The molecule has 1 aromatic rings. The first-order valence-electron chi connectivity index (χ1n) is 7.26. The Morgan fingerprint density at radius 1 is 1.18 bits per heavy atom. The van der Waals surface area contributed by atoms with Gasteiger partial charge < -0.3 is 10.2 Å². The molecule has 1 N–H and O–H groups in total. The van der Waals surface area contributed by atoms with E-state index in [1.807, 2.05) is 27.7 Å². The van der Waals surface area contributed by atoms with Crippen LogP contribution in [0.1, 0.15) is 27.7 Å². The van der Waals surface area contributed by atoms with E-state index in [-0.39, 0.29) is 16.9 Å².